The smallest absolute Gasteiger partial charge is 0.0704 e. The van der Waals surface area contributed by atoms with Gasteiger partial charge in [0.25, 0.3) is 0 Å². The Morgan fingerprint density at radius 2 is 1.84 bits per heavy atom. The lowest BCUT2D eigenvalue weighted by Crippen LogP contribution is -2.63. The second kappa shape index (κ2) is 7.58. The molecule has 112 valence electrons. The molecular formula is C15H29NO3. The number of ether oxygens (including phenoxy) is 3. The molecule has 0 heterocycles. The van der Waals surface area contributed by atoms with Crippen molar-refractivity contribution in [2.45, 2.75) is 57.1 Å². The lowest BCUT2D eigenvalue weighted by Gasteiger charge is -2.56. The van der Waals surface area contributed by atoms with Crippen LogP contribution in [-0.2, 0) is 14.2 Å². The van der Waals surface area contributed by atoms with Crippen molar-refractivity contribution >= 4 is 0 Å². The van der Waals surface area contributed by atoms with E-state index in [1.807, 2.05) is 0 Å². The second-order valence-corrected chi connectivity index (χ2v) is 5.95. The predicted molar refractivity (Wildman–Crippen MR) is 75.2 cm³/mol. The number of hydrogen-bond acceptors (Lipinski definition) is 4. The number of methoxy groups -OCH3 is 1. The van der Waals surface area contributed by atoms with E-state index < -0.39 is 0 Å². The highest BCUT2D eigenvalue weighted by Crippen LogP contribution is 2.52. The second-order valence-electron chi connectivity index (χ2n) is 5.95. The zero-order valence-corrected chi connectivity index (χ0v) is 12.2. The molecule has 0 saturated heterocycles. The molecule has 4 nitrogen and oxygen atoms in total. The van der Waals surface area contributed by atoms with Crippen LogP contribution >= 0.6 is 0 Å². The minimum absolute atomic E-state index is 0.300. The molecule has 0 aromatic rings. The Bertz CT molecular complexity index is 254. The van der Waals surface area contributed by atoms with E-state index in [2.05, 4.69) is 0 Å². The van der Waals surface area contributed by atoms with Crippen molar-refractivity contribution in [2.24, 2.45) is 11.1 Å². The molecule has 0 aromatic heterocycles. The fraction of sp³-hybridized carbons (Fsp3) is 1.00. The van der Waals surface area contributed by atoms with Gasteiger partial charge in [0.05, 0.1) is 19.3 Å². The number of hydrogen-bond donors (Lipinski definition) is 1. The van der Waals surface area contributed by atoms with Gasteiger partial charge in [-0.05, 0) is 25.7 Å². The summed E-state index contributed by atoms with van der Waals surface area (Å²) in [6, 6.07) is 0.362. The first-order valence-electron chi connectivity index (χ1n) is 7.73. The summed E-state index contributed by atoms with van der Waals surface area (Å²) in [7, 11) is 1.71. The Kier molecular flexibility index (Phi) is 6.07. The minimum atomic E-state index is 0.300. The van der Waals surface area contributed by atoms with E-state index in [4.69, 9.17) is 19.9 Å². The monoisotopic (exact) mass is 271 g/mol. The van der Waals surface area contributed by atoms with Crippen LogP contribution in [0.2, 0.25) is 0 Å². The molecule has 2 atom stereocenters. The van der Waals surface area contributed by atoms with E-state index in [1.165, 1.54) is 32.1 Å². The van der Waals surface area contributed by atoms with Crippen molar-refractivity contribution in [3.8, 4) is 0 Å². The average molecular weight is 271 g/mol. The van der Waals surface area contributed by atoms with E-state index in [9.17, 15) is 0 Å². The summed E-state index contributed by atoms with van der Waals surface area (Å²) in [6.07, 6.45) is 8.89. The maximum Gasteiger partial charge on any atom is 0.0704 e. The largest absolute Gasteiger partial charge is 0.385 e. The van der Waals surface area contributed by atoms with E-state index in [0.717, 1.165) is 26.1 Å². The van der Waals surface area contributed by atoms with Crippen LogP contribution < -0.4 is 5.73 Å². The Morgan fingerprint density at radius 1 is 1.05 bits per heavy atom. The summed E-state index contributed by atoms with van der Waals surface area (Å²) in [4.78, 5) is 0. The average Bonchev–Trinajstić information content (AvgIpc) is 2.46. The van der Waals surface area contributed by atoms with Crippen LogP contribution in [0, 0.1) is 5.41 Å². The highest BCUT2D eigenvalue weighted by atomic mass is 16.5. The van der Waals surface area contributed by atoms with Crippen molar-refractivity contribution < 1.29 is 14.2 Å². The molecule has 0 bridgehead atoms. The van der Waals surface area contributed by atoms with Crippen LogP contribution in [-0.4, -0.2) is 45.7 Å². The van der Waals surface area contributed by atoms with Gasteiger partial charge in [0.15, 0.2) is 0 Å². The Morgan fingerprint density at radius 3 is 2.53 bits per heavy atom. The Hall–Kier alpha value is -0.160. The molecule has 2 aliphatic rings. The lowest BCUT2D eigenvalue weighted by molar-refractivity contribution is -0.150. The normalized spacial score (nSPS) is 29.4. The standard InChI is InChI=1S/C15H29NO3/c1-17-8-5-9-18-10-11-19-14-12-13(16)15(14)6-3-2-4-7-15/h13-14H,2-12,16H2,1H3. The quantitative estimate of drug-likeness (QED) is 0.687. The van der Waals surface area contributed by atoms with Crippen LogP contribution in [0.15, 0.2) is 0 Å². The molecule has 0 amide bonds. The van der Waals surface area contributed by atoms with Gasteiger partial charge in [0, 0.05) is 31.8 Å². The molecule has 19 heavy (non-hydrogen) atoms. The molecule has 2 rings (SSSR count). The maximum absolute atomic E-state index is 6.24. The third kappa shape index (κ3) is 3.69. The number of rotatable bonds is 8. The van der Waals surface area contributed by atoms with E-state index >= 15 is 0 Å². The lowest BCUT2D eigenvalue weighted by atomic mass is 9.55. The van der Waals surface area contributed by atoms with Crippen molar-refractivity contribution in [1.82, 2.24) is 0 Å². The molecule has 2 saturated carbocycles. The van der Waals surface area contributed by atoms with Crippen LogP contribution in [0.1, 0.15) is 44.9 Å². The third-order valence-corrected chi connectivity index (χ3v) is 4.82. The molecule has 0 aliphatic heterocycles. The van der Waals surface area contributed by atoms with Gasteiger partial charge in [-0.3, -0.25) is 0 Å². The molecule has 2 N–H and O–H groups in total. The zero-order chi connectivity index (χ0) is 13.6. The van der Waals surface area contributed by atoms with Gasteiger partial charge in [0.1, 0.15) is 0 Å². The summed E-state index contributed by atoms with van der Waals surface area (Å²) in [5, 5.41) is 0. The molecule has 0 radical (unpaired) electrons. The van der Waals surface area contributed by atoms with E-state index in [-0.39, 0.29) is 0 Å². The van der Waals surface area contributed by atoms with Gasteiger partial charge in [0.2, 0.25) is 0 Å². The summed E-state index contributed by atoms with van der Waals surface area (Å²) in [5.41, 5.74) is 6.54. The van der Waals surface area contributed by atoms with Crippen molar-refractivity contribution in [2.75, 3.05) is 33.5 Å². The molecule has 4 heteroatoms. The van der Waals surface area contributed by atoms with Crippen LogP contribution in [0.25, 0.3) is 0 Å². The van der Waals surface area contributed by atoms with E-state index in [0.29, 0.717) is 30.8 Å². The summed E-state index contributed by atoms with van der Waals surface area (Å²) < 4.78 is 16.5. The van der Waals surface area contributed by atoms with Crippen molar-refractivity contribution in [3.63, 3.8) is 0 Å². The first-order chi connectivity index (χ1) is 9.29. The van der Waals surface area contributed by atoms with Crippen molar-refractivity contribution in [1.29, 1.82) is 0 Å². The van der Waals surface area contributed by atoms with Gasteiger partial charge in [-0.25, -0.2) is 0 Å². The summed E-state index contributed by atoms with van der Waals surface area (Å²) >= 11 is 0. The molecule has 1 spiro atoms. The van der Waals surface area contributed by atoms with Gasteiger partial charge >= 0.3 is 0 Å². The molecular weight excluding hydrogens is 242 g/mol. The number of nitrogens with two attached hydrogens (primary N) is 1. The SMILES string of the molecule is COCCCOCCOC1CC(N)C12CCCCC2. The molecule has 2 unspecified atom stereocenters. The Balaban J connectivity index is 1.58. The van der Waals surface area contributed by atoms with E-state index in [1.54, 1.807) is 7.11 Å². The van der Waals surface area contributed by atoms with Gasteiger partial charge in [-0.2, -0.15) is 0 Å². The fourth-order valence-corrected chi connectivity index (χ4v) is 3.57. The highest BCUT2D eigenvalue weighted by molar-refractivity contribution is 5.07. The topological polar surface area (TPSA) is 53.7 Å². The zero-order valence-electron chi connectivity index (χ0n) is 12.2. The minimum Gasteiger partial charge on any atom is -0.385 e. The Labute approximate surface area is 117 Å². The highest BCUT2D eigenvalue weighted by Gasteiger charge is 2.53. The molecule has 0 aromatic carbocycles. The van der Waals surface area contributed by atoms with Crippen LogP contribution in [0.4, 0.5) is 0 Å². The summed E-state index contributed by atoms with van der Waals surface area (Å²) in [5.74, 6) is 0. The third-order valence-electron chi connectivity index (χ3n) is 4.82. The molecule has 2 fully saturated rings. The molecule has 2 aliphatic carbocycles. The first-order valence-corrected chi connectivity index (χ1v) is 7.73. The summed E-state index contributed by atoms with van der Waals surface area (Å²) in [6.45, 7) is 2.91. The maximum atomic E-state index is 6.24. The van der Waals surface area contributed by atoms with Gasteiger partial charge in [-0.15, -0.1) is 0 Å². The van der Waals surface area contributed by atoms with Crippen LogP contribution in [0.5, 0.6) is 0 Å². The van der Waals surface area contributed by atoms with Crippen molar-refractivity contribution in [3.05, 3.63) is 0 Å². The fourth-order valence-electron chi connectivity index (χ4n) is 3.57. The van der Waals surface area contributed by atoms with Gasteiger partial charge in [-0.1, -0.05) is 19.3 Å². The predicted octanol–water partition coefficient (Wildman–Crippen LogP) is 2.11. The van der Waals surface area contributed by atoms with Crippen LogP contribution in [0.3, 0.4) is 0 Å². The first kappa shape index (κ1) is 15.2. The van der Waals surface area contributed by atoms with Gasteiger partial charge < -0.3 is 19.9 Å².